The van der Waals surface area contributed by atoms with E-state index < -0.39 is 0 Å². The van der Waals surface area contributed by atoms with Crippen molar-refractivity contribution in [1.82, 2.24) is 19.5 Å². The number of nitrogens with one attached hydrogen (secondary N) is 1. The number of aromatic nitrogens is 3. The van der Waals surface area contributed by atoms with E-state index in [9.17, 15) is 9.59 Å². The lowest BCUT2D eigenvalue weighted by atomic mass is 10.2. The first-order chi connectivity index (χ1) is 14.9. The van der Waals surface area contributed by atoms with Gasteiger partial charge in [0.2, 0.25) is 5.91 Å². The Bertz CT molecular complexity index is 1360. The summed E-state index contributed by atoms with van der Waals surface area (Å²) in [4.78, 5) is 25.6. The second kappa shape index (κ2) is 8.43. The number of carbonyl (C=O) groups excluding carboxylic acids is 1. The fraction of sp³-hybridized carbons (Fsp3) is 0.227. The maximum absolute atomic E-state index is 13.0. The van der Waals surface area contributed by atoms with Crippen molar-refractivity contribution in [2.75, 3.05) is 14.2 Å². The molecule has 0 saturated carbocycles. The minimum absolute atomic E-state index is 0.189. The number of rotatable bonds is 6. The molecule has 2 aromatic carbocycles. The van der Waals surface area contributed by atoms with Crippen molar-refractivity contribution >= 4 is 38.3 Å². The number of hydrogen-bond donors (Lipinski definition) is 1. The SMILES string of the molecule is COc1ccc(Br)cc1CNC(=O)Cn1nc(C)n2c(cc3c(OC)cccc32)c1=O. The van der Waals surface area contributed by atoms with Gasteiger partial charge in [0.05, 0.1) is 19.7 Å². The minimum Gasteiger partial charge on any atom is -0.496 e. The monoisotopic (exact) mass is 484 g/mol. The van der Waals surface area contributed by atoms with E-state index in [2.05, 4.69) is 26.3 Å². The Morgan fingerprint density at radius 3 is 2.61 bits per heavy atom. The van der Waals surface area contributed by atoms with Gasteiger partial charge in [-0.2, -0.15) is 5.10 Å². The Labute approximate surface area is 186 Å². The molecule has 0 bridgehead atoms. The number of ether oxygens (including phenoxy) is 2. The van der Waals surface area contributed by atoms with E-state index in [1.165, 1.54) is 4.68 Å². The van der Waals surface area contributed by atoms with Crippen LogP contribution in [-0.2, 0) is 17.9 Å². The molecule has 0 aliphatic rings. The lowest BCUT2D eigenvalue weighted by Crippen LogP contribution is -2.34. The maximum Gasteiger partial charge on any atom is 0.291 e. The summed E-state index contributed by atoms with van der Waals surface area (Å²) in [6.07, 6.45) is 0. The summed E-state index contributed by atoms with van der Waals surface area (Å²) in [5, 5.41) is 7.99. The number of amides is 1. The van der Waals surface area contributed by atoms with Gasteiger partial charge in [-0.25, -0.2) is 4.68 Å². The number of hydrogen-bond acceptors (Lipinski definition) is 5. The molecule has 8 nitrogen and oxygen atoms in total. The topological polar surface area (TPSA) is 86.9 Å². The summed E-state index contributed by atoms with van der Waals surface area (Å²) in [7, 11) is 3.16. The molecule has 1 amide bonds. The molecule has 4 aromatic rings. The summed E-state index contributed by atoms with van der Waals surface area (Å²) in [5.74, 6) is 1.62. The normalized spacial score (nSPS) is 11.1. The summed E-state index contributed by atoms with van der Waals surface area (Å²) < 4.78 is 14.6. The highest BCUT2D eigenvalue weighted by molar-refractivity contribution is 9.10. The number of methoxy groups -OCH3 is 2. The molecule has 31 heavy (non-hydrogen) atoms. The van der Waals surface area contributed by atoms with E-state index in [-0.39, 0.29) is 24.6 Å². The lowest BCUT2D eigenvalue weighted by molar-refractivity contribution is -0.122. The van der Waals surface area contributed by atoms with Crippen molar-refractivity contribution in [2.24, 2.45) is 0 Å². The van der Waals surface area contributed by atoms with Crippen LogP contribution in [-0.4, -0.2) is 34.3 Å². The zero-order chi connectivity index (χ0) is 22.1. The Morgan fingerprint density at radius 1 is 1.10 bits per heavy atom. The van der Waals surface area contributed by atoms with Gasteiger partial charge >= 0.3 is 0 Å². The predicted octanol–water partition coefficient (Wildman–Crippen LogP) is 3.05. The highest BCUT2D eigenvalue weighted by Crippen LogP contribution is 2.28. The molecule has 0 spiro atoms. The van der Waals surface area contributed by atoms with Gasteiger partial charge in [0, 0.05) is 22.0 Å². The van der Waals surface area contributed by atoms with Crippen LogP contribution in [0.2, 0.25) is 0 Å². The second-order valence-electron chi connectivity index (χ2n) is 7.00. The standard InChI is InChI=1S/C22H21BrN4O4/c1-13-25-26(12-21(28)24-11-14-9-15(23)7-8-19(14)30-2)22(29)18-10-16-17(27(13)18)5-4-6-20(16)31-3/h4-10H,11-12H2,1-3H3,(H,24,28). The lowest BCUT2D eigenvalue weighted by Gasteiger charge is -2.11. The Balaban J connectivity index is 1.62. The van der Waals surface area contributed by atoms with Crippen LogP contribution >= 0.6 is 15.9 Å². The number of carbonyl (C=O) groups is 1. The summed E-state index contributed by atoms with van der Waals surface area (Å²) >= 11 is 3.42. The van der Waals surface area contributed by atoms with Gasteiger partial charge < -0.3 is 14.8 Å². The average Bonchev–Trinajstić information content (AvgIpc) is 3.16. The Morgan fingerprint density at radius 2 is 1.87 bits per heavy atom. The molecule has 2 aromatic heterocycles. The second-order valence-corrected chi connectivity index (χ2v) is 7.92. The van der Waals surface area contributed by atoms with E-state index in [1.807, 2.05) is 36.4 Å². The number of benzene rings is 2. The molecular weight excluding hydrogens is 464 g/mol. The first kappa shape index (κ1) is 20.9. The van der Waals surface area contributed by atoms with Crippen molar-refractivity contribution in [3.05, 3.63) is 68.7 Å². The summed E-state index contributed by atoms with van der Waals surface area (Å²) in [6.45, 7) is 1.88. The van der Waals surface area contributed by atoms with Crippen LogP contribution in [0.5, 0.6) is 11.5 Å². The maximum atomic E-state index is 13.0. The highest BCUT2D eigenvalue weighted by Gasteiger charge is 2.16. The highest BCUT2D eigenvalue weighted by atomic mass is 79.9. The molecule has 0 radical (unpaired) electrons. The zero-order valence-electron chi connectivity index (χ0n) is 17.3. The zero-order valence-corrected chi connectivity index (χ0v) is 18.9. The van der Waals surface area contributed by atoms with Crippen molar-refractivity contribution in [3.8, 4) is 11.5 Å². The van der Waals surface area contributed by atoms with Crippen molar-refractivity contribution < 1.29 is 14.3 Å². The third-order valence-corrected chi connectivity index (χ3v) is 5.57. The molecule has 0 aliphatic carbocycles. The molecule has 4 rings (SSSR count). The summed E-state index contributed by atoms with van der Waals surface area (Å²) in [5.41, 5.74) is 1.74. The van der Waals surface area contributed by atoms with Crippen molar-refractivity contribution in [3.63, 3.8) is 0 Å². The Kier molecular flexibility index (Phi) is 5.69. The quantitative estimate of drug-likeness (QED) is 0.454. The number of nitrogens with zero attached hydrogens (tertiary/aromatic N) is 3. The van der Waals surface area contributed by atoms with Crippen LogP contribution in [0.4, 0.5) is 0 Å². The molecule has 2 heterocycles. The third kappa shape index (κ3) is 3.88. The van der Waals surface area contributed by atoms with Crippen LogP contribution in [0.25, 0.3) is 16.4 Å². The van der Waals surface area contributed by atoms with E-state index in [1.54, 1.807) is 31.6 Å². The van der Waals surface area contributed by atoms with Gasteiger partial charge in [-0.1, -0.05) is 22.0 Å². The van der Waals surface area contributed by atoms with Gasteiger partial charge in [0.25, 0.3) is 5.56 Å². The summed E-state index contributed by atoms with van der Waals surface area (Å²) in [6, 6.07) is 12.9. The van der Waals surface area contributed by atoms with Crippen LogP contribution in [0.3, 0.4) is 0 Å². The average molecular weight is 485 g/mol. The minimum atomic E-state index is -0.348. The van der Waals surface area contributed by atoms with Crippen LogP contribution in [0, 0.1) is 6.92 Å². The fourth-order valence-corrected chi connectivity index (χ4v) is 4.07. The largest absolute Gasteiger partial charge is 0.496 e. The molecule has 0 aliphatic heterocycles. The van der Waals surface area contributed by atoms with Crippen LogP contribution in [0.15, 0.2) is 51.7 Å². The van der Waals surface area contributed by atoms with Gasteiger partial charge in [0.15, 0.2) is 0 Å². The van der Waals surface area contributed by atoms with Crippen LogP contribution < -0.4 is 20.3 Å². The molecular formula is C22H21BrN4O4. The smallest absolute Gasteiger partial charge is 0.291 e. The van der Waals surface area contributed by atoms with E-state index in [0.717, 1.165) is 20.9 Å². The molecule has 160 valence electrons. The fourth-order valence-electron chi connectivity index (χ4n) is 3.66. The van der Waals surface area contributed by atoms with Crippen molar-refractivity contribution in [1.29, 1.82) is 0 Å². The third-order valence-electron chi connectivity index (χ3n) is 5.08. The predicted molar refractivity (Wildman–Crippen MR) is 121 cm³/mol. The molecule has 0 saturated heterocycles. The first-order valence-corrected chi connectivity index (χ1v) is 10.4. The first-order valence-electron chi connectivity index (χ1n) is 9.58. The Hall–Kier alpha value is -3.33. The van der Waals surface area contributed by atoms with E-state index >= 15 is 0 Å². The van der Waals surface area contributed by atoms with E-state index in [0.29, 0.717) is 22.8 Å². The van der Waals surface area contributed by atoms with E-state index in [4.69, 9.17) is 9.47 Å². The number of fused-ring (bicyclic) bond motifs is 3. The van der Waals surface area contributed by atoms with Gasteiger partial charge in [-0.3, -0.25) is 14.0 Å². The van der Waals surface area contributed by atoms with Crippen molar-refractivity contribution in [2.45, 2.75) is 20.0 Å². The molecule has 0 unspecified atom stereocenters. The molecule has 0 atom stereocenters. The van der Waals surface area contributed by atoms with Gasteiger partial charge in [-0.05, 0) is 43.3 Å². The number of halogens is 1. The number of aryl methyl sites for hydroxylation is 1. The van der Waals surface area contributed by atoms with Gasteiger partial charge in [0.1, 0.15) is 29.4 Å². The molecule has 9 heteroatoms. The molecule has 0 fully saturated rings. The molecule has 1 N–H and O–H groups in total. The van der Waals surface area contributed by atoms with Crippen LogP contribution in [0.1, 0.15) is 11.4 Å². The van der Waals surface area contributed by atoms with Gasteiger partial charge in [-0.15, -0.1) is 0 Å².